The Kier molecular flexibility index (Phi) is 4.68. The highest BCUT2D eigenvalue weighted by Gasteiger charge is 2.62. The summed E-state index contributed by atoms with van der Waals surface area (Å²) in [7, 11) is 3.37. The van der Waals surface area contributed by atoms with Gasteiger partial charge in [0.05, 0.1) is 26.2 Å². The summed E-state index contributed by atoms with van der Waals surface area (Å²) in [5.74, 6) is 2.64. The molecule has 1 aromatic carbocycles. The van der Waals surface area contributed by atoms with Crippen molar-refractivity contribution in [1.82, 2.24) is 4.90 Å². The second kappa shape index (κ2) is 6.90. The minimum Gasteiger partial charge on any atom is -0.497 e. The number of piperidine rings is 1. The maximum atomic E-state index is 12.5. The first-order valence-electron chi connectivity index (χ1n) is 10.0. The number of aryl methyl sites for hydroxylation is 1. The molecule has 1 aromatic rings. The number of benzene rings is 1. The van der Waals surface area contributed by atoms with Gasteiger partial charge in [-0.1, -0.05) is 6.07 Å². The van der Waals surface area contributed by atoms with Crippen molar-refractivity contribution in [2.75, 3.05) is 27.4 Å². The SMILES string of the molecule is CCOC(=O)N1CCC23c4c(C)ccc(OC)c4OC2C(OC)=CCC3C1C. The van der Waals surface area contributed by atoms with Crippen molar-refractivity contribution in [3.05, 3.63) is 35.1 Å². The molecule has 4 rings (SSSR count). The summed E-state index contributed by atoms with van der Waals surface area (Å²) in [5.41, 5.74) is 2.16. The van der Waals surface area contributed by atoms with Gasteiger partial charge in [0, 0.05) is 18.2 Å². The number of hydrogen-bond acceptors (Lipinski definition) is 5. The maximum Gasteiger partial charge on any atom is 0.409 e. The van der Waals surface area contributed by atoms with Gasteiger partial charge in [-0.25, -0.2) is 4.79 Å². The van der Waals surface area contributed by atoms with Crippen molar-refractivity contribution >= 4 is 6.09 Å². The molecule has 4 atom stereocenters. The number of ether oxygens (including phenoxy) is 4. The highest BCUT2D eigenvalue weighted by molar-refractivity contribution is 5.69. The molecular formula is C22H29NO5. The molecule has 0 saturated carbocycles. The normalized spacial score (nSPS) is 30.4. The zero-order chi connectivity index (χ0) is 20.1. The average molecular weight is 387 g/mol. The average Bonchev–Trinajstić information content (AvgIpc) is 3.04. The van der Waals surface area contributed by atoms with Crippen LogP contribution in [0.2, 0.25) is 0 Å². The first kappa shape index (κ1) is 19.0. The summed E-state index contributed by atoms with van der Waals surface area (Å²) >= 11 is 0. The number of allylic oxidation sites excluding steroid dienone is 1. The number of hydrogen-bond donors (Lipinski definition) is 0. The number of nitrogens with zero attached hydrogens (tertiary/aromatic N) is 1. The monoisotopic (exact) mass is 387 g/mol. The van der Waals surface area contributed by atoms with E-state index < -0.39 is 0 Å². The standard InChI is InChI=1S/C22H29NO5/c1-6-27-21(24)23-12-11-22-15(14(23)3)8-10-17(26-5)20(22)28-19-16(25-4)9-7-13(2)18(19)22/h7,9-10,14-15,20H,6,8,11-12H2,1-5H3. The molecule has 152 valence electrons. The Labute approximate surface area is 166 Å². The fraction of sp³-hybridized carbons (Fsp3) is 0.591. The second-order valence-electron chi connectivity index (χ2n) is 7.86. The van der Waals surface area contributed by atoms with Crippen LogP contribution in [-0.4, -0.2) is 50.5 Å². The fourth-order valence-corrected chi connectivity index (χ4v) is 5.57. The van der Waals surface area contributed by atoms with Gasteiger partial charge < -0.3 is 23.8 Å². The van der Waals surface area contributed by atoms with Crippen LogP contribution in [0.25, 0.3) is 0 Å². The van der Waals surface area contributed by atoms with E-state index in [2.05, 4.69) is 26.0 Å². The second-order valence-corrected chi connectivity index (χ2v) is 7.86. The third-order valence-corrected chi connectivity index (χ3v) is 6.79. The lowest BCUT2D eigenvalue weighted by atomic mass is 9.57. The third-order valence-electron chi connectivity index (χ3n) is 6.79. The molecule has 3 aliphatic rings. The van der Waals surface area contributed by atoms with Crippen LogP contribution in [-0.2, 0) is 14.9 Å². The molecular weight excluding hydrogens is 358 g/mol. The number of methoxy groups -OCH3 is 2. The van der Waals surface area contributed by atoms with Crippen LogP contribution in [0.4, 0.5) is 4.79 Å². The van der Waals surface area contributed by atoms with Gasteiger partial charge in [-0.2, -0.15) is 0 Å². The van der Waals surface area contributed by atoms with Crippen molar-refractivity contribution in [2.45, 2.75) is 51.2 Å². The zero-order valence-corrected chi connectivity index (χ0v) is 17.3. The smallest absolute Gasteiger partial charge is 0.409 e. The first-order valence-corrected chi connectivity index (χ1v) is 10.0. The summed E-state index contributed by atoms with van der Waals surface area (Å²) < 4.78 is 23.2. The number of carbonyl (C=O) groups excluding carboxylic acids is 1. The molecule has 28 heavy (non-hydrogen) atoms. The van der Waals surface area contributed by atoms with Crippen LogP contribution in [0, 0.1) is 12.8 Å². The van der Waals surface area contributed by atoms with Crippen LogP contribution in [0.3, 0.4) is 0 Å². The van der Waals surface area contributed by atoms with Crippen molar-refractivity contribution in [1.29, 1.82) is 0 Å². The van der Waals surface area contributed by atoms with E-state index in [1.54, 1.807) is 14.2 Å². The number of rotatable bonds is 3. The molecule has 1 saturated heterocycles. The Morgan fingerprint density at radius 1 is 1.32 bits per heavy atom. The minimum atomic E-state index is -0.240. The van der Waals surface area contributed by atoms with E-state index in [1.165, 1.54) is 11.1 Å². The van der Waals surface area contributed by atoms with E-state index >= 15 is 0 Å². The van der Waals surface area contributed by atoms with Gasteiger partial charge in [-0.15, -0.1) is 0 Å². The number of amides is 1. The topological polar surface area (TPSA) is 57.2 Å². The summed E-state index contributed by atoms with van der Waals surface area (Å²) in [6, 6.07) is 4.09. The molecule has 0 radical (unpaired) electrons. The number of carbonyl (C=O) groups is 1. The van der Waals surface area contributed by atoms with Crippen LogP contribution < -0.4 is 9.47 Å². The summed E-state index contributed by atoms with van der Waals surface area (Å²) in [5, 5.41) is 0. The van der Waals surface area contributed by atoms with E-state index in [1.807, 2.05) is 17.9 Å². The van der Waals surface area contributed by atoms with Crippen LogP contribution in [0.15, 0.2) is 24.0 Å². The molecule has 6 nitrogen and oxygen atoms in total. The molecule has 2 aliphatic heterocycles. The molecule has 4 unspecified atom stereocenters. The van der Waals surface area contributed by atoms with Crippen molar-refractivity contribution < 1.29 is 23.7 Å². The fourth-order valence-electron chi connectivity index (χ4n) is 5.57. The molecule has 2 heterocycles. The van der Waals surface area contributed by atoms with Gasteiger partial charge >= 0.3 is 6.09 Å². The predicted molar refractivity (Wildman–Crippen MR) is 105 cm³/mol. The van der Waals surface area contributed by atoms with E-state index in [0.29, 0.717) is 13.2 Å². The van der Waals surface area contributed by atoms with Gasteiger partial charge in [-0.05, 0) is 57.2 Å². The Bertz CT molecular complexity index is 819. The lowest BCUT2D eigenvalue weighted by Gasteiger charge is -2.53. The van der Waals surface area contributed by atoms with E-state index in [0.717, 1.165) is 30.1 Å². The molecule has 0 bridgehead atoms. The Balaban J connectivity index is 1.85. The van der Waals surface area contributed by atoms with Crippen molar-refractivity contribution in [3.8, 4) is 11.5 Å². The van der Waals surface area contributed by atoms with Gasteiger partial charge in [0.25, 0.3) is 0 Å². The molecule has 6 heteroatoms. The number of likely N-dealkylation sites (tertiary alicyclic amines) is 1. The summed E-state index contributed by atoms with van der Waals surface area (Å²) in [4.78, 5) is 14.4. The third kappa shape index (κ3) is 2.43. The van der Waals surface area contributed by atoms with Crippen LogP contribution in [0.5, 0.6) is 11.5 Å². The Hall–Kier alpha value is -2.37. The van der Waals surface area contributed by atoms with Crippen LogP contribution in [0.1, 0.15) is 37.8 Å². The molecule has 0 N–H and O–H groups in total. The van der Waals surface area contributed by atoms with E-state index in [9.17, 15) is 4.79 Å². The predicted octanol–water partition coefficient (Wildman–Crippen LogP) is 3.80. The molecule has 1 fully saturated rings. The quantitative estimate of drug-likeness (QED) is 0.790. The van der Waals surface area contributed by atoms with Gasteiger partial charge in [0.15, 0.2) is 17.6 Å². The Morgan fingerprint density at radius 2 is 2.11 bits per heavy atom. The highest BCUT2D eigenvalue weighted by atomic mass is 16.6. The highest BCUT2D eigenvalue weighted by Crippen LogP contribution is 2.61. The van der Waals surface area contributed by atoms with Crippen LogP contribution >= 0.6 is 0 Å². The zero-order valence-electron chi connectivity index (χ0n) is 17.3. The summed E-state index contributed by atoms with van der Waals surface area (Å²) in [6.07, 6.45) is 3.31. The maximum absolute atomic E-state index is 12.5. The van der Waals surface area contributed by atoms with E-state index in [4.69, 9.17) is 18.9 Å². The summed E-state index contributed by atoms with van der Waals surface area (Å²) in [6.45, 7) is 7.11. The minimum absolute atomic E-state index is 0.0325. The van der Waals surface area contributed by atoms with Crippen molar-refractivity contribution in [2.24, 2.45) is 5.92 Å². The molecule has 1 amide bonds. The van der Waals surface area contributed by atoms with Crippen molar-refractivity contribution in [3.63, 3.8) is 0 Å². The van der Waals surface area contributed by atoms with Gasteiger partial charge in [0.1, 0.15) is 5.76 Å². The molecule has 1 aliphatic carbocycles. The molecule has 0 aromatic heterocycles. The lowest BCUT2D eigenvalue weighted by Crippen LogP contribution is -2.61. The largest absolute Gasteiger partial charge is 0.497 e. The first-order chi connectivity index (χ1) is 13.5. The lowest BCUT2D eigenvalue weighted by molar-refractivity contribution is -0.0218. The van der Waals surface area contributed by atoms with Gasteiger partial charge in [-0.3, -0.25) is 0 Å². The van der Waals surface area contributed by atoms with E-state index in [-0.39, 0.29) is 29.6 Å². The molecule has 1 spiro atoms. The number of fused-ring (bicyclic) bond motifs is 1. The van der Waals surface area contributed by atoms with Gasteiger partial charge in [0.2, 0.25) is 0 Å². The Morgan fingerprint density at radius 3 is 2.79 bits per heavy atom.